The van der Waals surface area contributed by atoms with Crippen molar-refractivity contribution in [1.82, 2.24) is 14.9 Å². The number of aromatic nitrogens is 2. The number of hydrogen-bond acceptors (Lipinski definition) is 6. The van der Waals surface area contributed by atoms with Gasteiger partial charge >= 0.3 is 0 Å². The first kappa shape index (κ1) is 21.2. The summed E-state index contributed by atoms with van der Waals surface area (Å²) in [6, 6.07) is 8.74. The van der Waals surface area contributed by atoms with E-state index >= 15 is 0 Å². The molecule has 6 nitrogen and oxygen atoms in total. The van der Waals surface area contributed by atoms with E-state index in [-0.39, 0.29) is 28.4 Å². The normalized spacial score (nSPS) is 28.7. The third-order valence-corrected chi connectivity index (χ3v) is 8.99. The van der Waals surface area contributed by atoms with E-state index in [0.717, 1.165) is 23.3 Å². The SMILES string of the molecule is CC1C(c2ccc(C3CCC3)cc2)C(=O)N(C)C(N)=NCC12CC(c1cnccn1)=CS2. The van der Waals surface area contributed by atoms with Gasteiger partial charge in [0.1, 0.15) is 0 Å². The number of hydrogen-bond donors (Lipinski definition) is 1. The van der Waals surface area contributed by atoms with Crippen LogP contribution in [0.5, 0.6) is 0 Å². The summed E-state index contributed by atoms with van der Waals surface area (Å²) in [7, 11) is 1.73. The number of benzene rings is 1. The molecule has 5 rings (SSSR count). The van der Waals surface area contributed by atoms with Gasteiger partial charge in [-0.3, -0.25) is 24.7 Å². The van der Waals surface area contributed by atoms with Gasteiger partial charge in [0.2, 0.25) is 5.91 Å². The van der Waals surface area contributed by atoms with Crippen LogP contribution in [-0.2, 0) is 4.79 Å². The minimum atomic E-state index is -0.286. The van der Waals surface area contributed by atoms with Crippen LogP contribution in [-0.4, -0.2) is 45.1 Å². The number of thioether (sulfide) groups is 1. The van der Waals surface area contributed by atoms with Gasteiger partial charge in [0.05, 0.1) is 24.4 Å². The molecule has 2 aromatic rings. The summed E-state index contributed by atoms with van der Waals surface area (Å²) in [4.78, 5) is 28.5. The Morgan fingerprint density at radius 3 is 2.56 bits per heavy atom. The lowest BCUT2D eigenvalue weighted by molar-refractivity contribution is -0.129. The molecule has 1 amide bonds. The molecule has 1 fully saturated rings. The molecule has 7 heteroatoms. The molecule has 0 bridgehead atoms. The summed E-state index contributed by atoms with van der Waals surface area (Å²) in [6.45, 7) is 2.74. The van der Waals surface area contributed by atoms with Crippen LogP contribution in [0.2, 0.25) is 0 Å². The molecule has 2 aliphatic heterocycles. The summed E-state index contributed by atoms with van der Waals surface area (Å²) in [5, 5.41) is 2.17. The van der Waals surface area contributed by atoms with Gasteiger partial charge in [-0.2, -0.15) is 0 Å². The highest BCUT2D eigenvalue weighted by Crippen LogP contribution is 2.53. The molecule has 0 radical (unpaired) electrons. The Balaban J connectivity index is 1.49. The Bertz CT molecular complexity index is 1060. The number of amides is 1. The maximum absolute atomic E-state index is 13.6. The second-order valence-electron chi connectivity index (χ2n) is 9.23. The number of likely N-dealkylation sites (N-methyl/N-ethyl adjacent to an activating group) is 1. The molecule has 1 aliphatic carbocycles. The van der Waals surface area contributed by atoms with Crippen LogP contribution in [0.15, 0.2) is 53.3 Å². The van der Waals surface area contributed by atoms with E-state index in [4.69, 9.17) is 5.73 Å². The van der Waals surface area contributed by atoms with E-state index in [2.05, 4.69) is 51.6 Å². The smallest absolute Gasteiger partial charge is 0.236 e. The van der Waals surface area contributed by atoms with Gasteiger partial charge in [-0.1, -0.05) is 37.6 Å². The molecular weight excluding hydrogens is 418 g/mol. The minimum Gasteiger partial charge on any atom is -0.369 e. The standard InChI is InChI=1S/C25H29N5OS/c1-16-22(19-8-6-18(7-9-19)17-4-3-5-17)23(31)30(2)24(26)29-15-25(16)12-20(14-32-25)21-13-27-10-11-28-21/h6-11,13-14,16-17,22H,3-5,12,15H2,1-2H3,(H2,26,29). The molecule has 1 aromatic heterocycles. The van der Waals surface area contributed by atoms with Crippen molar-refractivity contribution in [2.24, 2.45) is 16.6 Å². The average Bonchev–Trinajstić information content (AvgIpc) is 3.23. The van der Waals surface area contributed by atoms with Crippen LogP contribution in [0.1, 0.15) is 61.3 Å². The molecule has 1 spiro atoms. The monoisotopic (exact) mass is 447 g/mol. The zero-order valence-corrected chi connectivity index (χ0v) is 19.4. The summed E-state index contributed by atoms with van der Waals surface area (Å²) in [5.41, 5.74) is 10.7. The van der Waals surface area contributed by atoms with Crippen LogP contribution in [0.4, 0.5) is 0 Å². The van der Waals surface area contributed by atoms with Crippen molar-refractivity contribution in [3.8, 4) is 0 Å². The van der Waals surface area contributed by atoms with Crippen molar-refractivity contribution in [1.29, 1.82) is 0 Å². The summed E-state index contributed by atoms with van der Waals surface area (Å²) in [6.07, 6.45) is 9.83. The van der Waals surface area contributed by atoms with Crippen molar-refractivity contribution < 1.29 is 4.79 Å². The van der Waals surface area contributed by atoms with Crippen molar-refractivity contribution in [2.45, 2.75) is 49.2 Å². The Morgan fingerprint density at radius 2 is 1.91 bits per heavy atom. The number of carbonyl (C=O) groups excluding carboxylic acids is 1. The number of nitrogens with zero attached hydrogens (tertiary/aromatic N) is 4. The lowest BCUT2D eigenvalue weighted by atomic mass is 9.74. The fourth-order valence-corrected chi connectivity index (χ4v) is 6.33. The van der Waals surface area contributed by atoms with E-state index in [1.165, 1.54) is 29.7 Å². The summed E-state index contributed by atoms with van der Waals surface area (Å²) >= 11 is 1.76. The number of nitrogens with two attached hydrogens (primary N) is 1. The van der Waals surface area contributed by atoms with Gasteiger partial charge in [-0.05, 0) is 53.2 Å². The van der Waals surface area contributed by atoms with Crippen LogP contribution in [0, 0.1) is 5.92 Å². The van der Waals surface area contributed by atoms with Gasteiger partial charge in [0.15, 0.2) is 5.96 Å². The predicted octanol–water partition coefficient (Wildman–Crippen LogP) is 4.17. The van der Waals surface area contributed by atoms with E-state index in [1.807, 2.05) is 0 Å². The Hall–Kier alpha value is -2.67. The molecule has 3 unspecified atom stereocenters. The third kappa shape index (κ3) is 3.62. The highest BCUT2D eigenvalue weighted by atomic mass is 32.2. The third-order valence-electron chi connectivity index (χ3n) is 7.47. The predicted molar refractivity (Wildman–Crippen MR) is 129 cm³/mol. The maximum atomic E-state index is 13.6. The van der Waals surface area contributed by atoms with Crippen LogP contribution >= 0.6 is 11.8 Å². The van der Waals surface area contributed by atoms with Gasteiger partial charge in [0.25, 0.3) is 0 Å². The Kier molecular flexibility index (Phi) is 5.53. The van der Waals surface area contributed by atoms with Crippen molar-refractivity contribution >= 4 is 29.2 Å². The lowest BCUT2D eigenvalue weighted by Gasteiger charge is -2.41. The van der Waals surface area contributed by atoms with Crippen LogP contribution < -0.4 is 5.73 Å². The molecule has 166 valence electrons. The molecular formula is C25H29N5OS. The molecule has 1 aromatic carbocycles. The molecule has 32 heavy (non-hydrogen) atoms. The van der Waals surface area contributed by atoms with Gasteiger partial charge in [0, 0.05) is 24.2 Å². The highest BCUT2D eigenvalue weighted by molar-refractivity contribution is 8.04. The Morgan fingerprint density at radius 1 is 1.16 bits per heavy atom. The van der Waals surface area contributed by atoms with E-state index < -0.39 is 0 Å². The summed E-state index contributed by atoms with van der Waals surface area (Å²) < 4.78 is -0.258. The largest absolute Gasteiger partial charge is 0.369 e. The first-order chi connectivity index (χ1) is 15.5. The number of guanidine groups is 1. The number of aliphatic imine (C=N–C) groups is 1. The van der Waals surface area contributed by atoms with Crippen molar-refractivity contribution in [3.63, 3.8) is 0 Å². The number of carbonyl (C=O) groups is 1. The second kappa shape index (κ2) is 8.35. The van der Waals surface area contributed by atoms with Gasteiger partial charge in [-0.15, -0.1) is 11.8 Å². The fourth-order valence-electron chi connectivity index (χ4n) is 5.02. The molecule has 1 saturated carbocycles. The zero-order chi connectivity index (χ0) is 22.3. The van der Waals surface area contributed by atoms with Crippen molar-refractivity contribution in [3.05, 3.63) is 65.1 Å². The Labute approximate surface area is 193 Å². The lowest BCUT2D eigenvalue weighted by Crippen LogP contribution is -2.50. The second-order valence-corrected chi connectivity index (χ2v) is 10.5. The van der Waals surface area contributed by atoms with Gasteiger partial charge < -0.3 is 5.73 Å². The average molecular weight is 448 g/mol. The topological polar surface area (TPSA) is 84.5 Å². The number of allylic oxidation sites excluding steroid dienone is 1. The molecule has 3 atom stereocenters. The molecule has 2 N–H and O–H groups in total. The zero-order valence-electron chi connectivity index (χ0n) is 18.6. The first-order valence-corrected chi connectivity index (χ1v) is 12.2. The molecule has 3 aliphatic rings. The summed E-state index contributed by atoms with van der Waals surface area (Å²) in [5.74, 6) is 0.731. The quantitative estimate of drug-likeness (QED) is 0.763. The van der Waals surface area contributed by atoms with Crippen LogP contribution in [0.3, 0.4) is 0 Å². The van der Waals surface area contributed by atoms with E-state index in [1.54, 1.807) is 37.4 Å². The maximum Gasteiger partial charge on any atom is 0.236 e. The number of rotatable bonds is 3. The highest BCUT2D eigenvalue weighted by Gasteiger charge is 2.48. The molecule has 3 heterocycles. The van der Waals surface area contributed by atoms with Crippen LogP contribution in [0.25, 0.3) is 5.57 Å². The van der Waals surface area contributed by atoms with E-state index in [9.17, 15) is 4.79 Å². The molecule has 0 saturated heterocycles. The van der Waals surface area contributed by atoms with Crippen molar-refractivity contribution in [2.75, 3.05) is 13.6 Å². The van der Waals surface area contributed by atoms with E-state index in [0.29, 0.717) is 12.5 Å². The minimum absolute atomic E-state index is 0.00257. The van der Waals surface area contributed by atoms with Gasteiger partial charge in [-0.25, -0.2) is 0 Å². The first-order valence-electron chi connectivity index (χ1n) is 11.3. The fraction of sp³-hybridized carbons (Fsp3) is 0.440.